The van der Waals surface area contributed by atoms with Crippen molar-refractivity contribution in [2.45, 2.75) is 46.3 Å². The largest absolute Gasteiger partial charge is 0.389 e. The Hall–Kier alpha value is -0.380. The van der Waals surface area contributed by atoms with Gasteiger partial charge >= 0.3 is 0 Å². The number of nitrogens with one attached hydrogen (secondary N) is 1. The quantitative estimate of drug-likeness (QED) is 0.802. The molecule has 0 radical (unpaired) electrons. The number of aryl methyl sites for hydroxylation is 1. The molecule has 0 aliphatic rings. The van der Waals surface area contributed by atoms with Gasteiger partial charge in [0.25, 0.3) is 0 Å². The molecular formula is C13H23NOS. The topological polar surface area (TPSA) is 32.3 Å². The maximum absolute atomic E-state index is 10.1. The highest BCUT2D eigenvalue weighted by molar-refractivity contribution is 7.10. The molecule has 0 fully saturated rings. The number of thiophene rings is 1. The van der Waals surface area contributed by atoms with Crippen LogP contribution in [0.2, 0.25) is 0 Å². The average molecular weight is 241 g/mol. The Morgan fingerprint density at radius 3 is 2.69 bits per heavy atom. The molecule has 2 N–H and O–H groups in total. The second kappa shape index (κ2) is 5.80. The first kappa shape index (κ1) is 13.7. The highest BCUT2D eigenvalue weighted by Gasteiger charge is 2.21. The lowest BCUT2D eigenvalue weighted by Crippen LogP contribution is -2.38. The van der Waals surface area contributed by atoms with Crippen molar-refractivity contribution in [1.29, 1.82) is 0 Å². The Balaban J connectivity index is 2.32. The van der Waals surface area contributed by atoms with E-state index in [0.29, 0.717) is 12.5 Å². The van der Waals surface area contributed by atoms with E-state index in [2.05, 4.69) is 37.5 Å². The first-order valence-corrected chi connectivity index (χ1v) is 6.75. The Bertz CT molecular complexity index is 317. The van der Waals surface area contributed by atoms with E-state index in [1.165, 1.54) is 10.4 Å². The molecule has 1 aromatic rings. The van der Waals surface area contributed by atoms with Crippen LogP contribution in [-0.2, 0) is 6.54 Å². The Labute approximate surface area is 103 Å². The summed E-state index contributed by atoms with van der Waals surface area (Å²) in [6.07, 6.45) is 0.837. The molecule has 0 spiro atoms. The van der Waals surface area contributed by atoms with Crippen molar-refractivity contribution >= 4 is 11.3 Å². The first-order valence-electron chi connectivity index (χ1n) is 5.87. The van der Waals surface area contributed by atoms with E-state index in [9.17, 15) is 5.11 Å². The van der Waals surface area contributed by atoms with Crippen molar-refractivity contribution in [3.8, 4) is 0 Å². The number of hydrogen-bond donors (Lipinski definition) is 2. The van der Waals surface area contributed by atoms with Crippen LogP contribution >= 0.6 is 11.3 Å². The highest BCUT2D eigenvalue weighted by Crippen LogP contribution is 2.17. The number of hydrogen-bond acceptors (Lipinski definition) is 3. The molecule has 1 rings (SSSR count). The van der Waals surface area contributed by atoms with Gasteiger partial charge in [0, 0.05) is 18.0 Å². The summed E-state index contributed by atoms with van der Waals surface area (Å²) in [6, 6.07) is 2.13. The third kappa shape index (κ3) is 4.64. The Kier molecular flexibility index (Phi) is 4.96. The van der Waals surface area contributed by atoms with Gasteiger partial charge in [-0.3, -0.25) is 0 Å². The fourth-order valence-corrected chi connectivity index (χ4v) is 2.86. The predicted octanol–water partition coefficient (Wildman–Crippen LogP) is 2.94. The summed E-state index contributed by atoms with van der Waals surface area (Å²) in [5.41, 5.74) is 0.736. The van der Waals surface area contributed by atoms with Gasteiger partial charge in [-0.05, 0) is 43.2 Å². The molecule has 0 aliphatic heterocycles. The van der Waals surface area contributed by atoms with E-state index in [4.69, 9.17) is 0 Å². The van der Waals surface area contributed by atoms with Crippen LogP contribution in [0.25, 0.3) is 0 Å². The van der Waals surface area contributed by atoms with Gasteiger partial charge in [-0.1, -0.05) is 13.8 Å². The predicted molar refractivity (Wildman–Crippen MR) is 70.8 cm³/mol. The number of aliphatic hydroxyl groups is 1. The van der Waals surface area contributed by atoms with Gasteiger partial charge in [0.1, 0.15) is 0 Å². The maximum atomic E-state index is 10.1. The summed E-state index contributed by atoms with van der Waals surface area (Å²) < 4.78 is 0. The molecular weight excluding hydrogens is 218 g/mol. The third-order valence-electron chi connectivity index (χ3n) is 2.61. The van der Waals surface area contributed by atoms with Crippen LogP contribution in [0.4, 0.5) is 0 Å². The zero-order valence-corrected chi connectivity index (χ0v) is 11.5. The van der Waals surface area contributed by atoms with Crippen LogP contribution in [0.1, 0.15) is 37.6 Å². The van der Waals surface area contributed by atoms with E-state index in [-0.39, 0.29) is 0 Å². The summed E-state index contributed by atoms with van der Waals surface area (Å²) in [6.45, 7) is 9.82. The molecule has 0 aliphatic carbocycles. The van der Waals surface area contributed by atoms with E-state index >= 15 is 0 Å². The van der Waals surface area contributed by atoms with Crippen LogP contribution in [-0.4, -0.2) is 17.3 Å². The molecule has 1 aromatic heterocycles. The van der Waals surface area contributed by atoms with E-state index in [0.717, 1.165) is 13.0 Å². The highest BCUT2D eigenvalue weighted by atomic mass is 32.1. The van der Waals surface area contributed by atoms with Crippen molar-refractivity contribution in [3.05, 3.63) is 21.9 Å². The SMILES string of the molecule is Cc1ccsc1CNCC(C)(O)CC(C)C. The van der Waals surface area contributed by atoms with E-state index < -0.39 is 5.60 Å². The molecule has 1 heterocycles. The molecule has 0 aromatic carbocycles. The van der Waals surface area contributed by atoms with Gasteiger partial charge < -0.3 is 10.4 Å². The Morgan fingerprint density at radius 2 is 2.19 bits per heavy atom. The molecule has 3 heteroatoms. The monoisotopic (exact) mass is 241 g/mol. The van der Waals surface area contributed by atoms with Crippen molar-refractivity contribution in [2.75, 3.05) is 6.54 Å². The van der Waals surface area contributed by atoms with Gasteiger partial charge in [0.15, 0.2) is 0 Å². The Morgan fingerprint density at radius 1 is 1.50 bits per heavy atom. The molecule has 0 bridgehead atoms. The van der Waals surface area contributed by atoms with Crippen LogP contribution in [0.15, 0.2) is 11.4 Å². The van der Waals surface area contributed by atoms with Gasteiger partial charge in [0.2, 0.25) is 0 Å². The van der Waals surface area contributed by atoms with Gasteiger partial charge in [0.05, 0.1) is 5.60 Å². The molecule has 1 unspecified atom stereocenters. The second-order valence-corrected chi connectivity index (χ2v) is 6.23. The van der Waals surface area contributed by atoms with Crippen LogP contribution in [0, 0.1) is 12.8 Å². The zero-order chi connectivity index (χ0) is 12.2. The fraction of sp³-hybridized carbons (Fsp3) is 0.692. The third-order valence-corrected chi connectivity index (χ3v) is 3.63. The standard InChI is InChI=1S/C13H23NOS/c1-10(2)7-13(4,15)9-14-8-12-11(3)5-6-16-12/h5-6,10,14-15H,7-9H2,1-4H3. The summed E-state index contributed by atoms with van der Waals surface area (Å²) in [5.74, 6) is 0.528. The van der Waals surface area contributed by atoms with Gasteiger partial charge in [-0.2, -0.15) is 0 Å². The van der Waals surface area contributed by atoms with Gasteiger partial charge in [-0.25, -0.2) is 0 Å². The van der Waals surface area contributed by atoms with Crippen molar-refractivity contribution in [3.63, 3.8) is 0 Å². The van der Waals surface area contributed by atoms with Crippen molar-refractivity contribution < 1.29 is 5.11 Å². The summed E-state index contributed by atoms with van der Waals surface area (Å²) in [4.78, 5) is 1.36. The van der Waals surface area contributed by atoms with E-state index in [1.54, 1.807) is 11.3 Å². The number of rotatable bonds is 6. The second-order valence-electron chi connectivity index (χ2n) is 5.23. The lowest BCUT2D eigenvalue weighted by Gasteiger charge is -2.25. The lowest BCUT2D eigenvalue weighted by molar-refractivity contribution is 0.0384. The minimum absolute atomic E-state index is 0.528. The molecule has 0 saturated carbocycles. The summed E-state index contributed by atoms with van der Waals surface area (Å²) in [7, 11) is 0. The molecule has 1 atom stereocenters. The lowest BCUT2D eigenvalue weighted by atomic mass is 9.94. The minimum Gasteiger partial charge on any atom is -0.389 e. The van der Waals surface area contributed by atoms with Crippen LogP contribution in [0.3, 0.4) is 0 Å². The van der Waals surface area contributed by atoms with Crippen molar-refractivity contribution in [2.24, 2.45) is 5.92 Å². The normalized spacial score (nSPS) is 15.4. The zero-order valence-electron chi connectivity index (χ0n) is 10.7. The molecule has 0 amide bonds. The smallest absolute Gasteiger partial charge is 0.0746 e. The van der Waals surface area contributed by atoms with Crippen LogP contribution in [0.5, 0.6) is 0 Å². The maximum Gasteiger partial charge on any atom is 0.0746 e. The van der Waals surface area contributed by atoms with Crippen LogP contribution < -0.4 is 5.32 Å². The molecule has 92 valence electrons. The molecule has 0 saturated heterocycles. The fourth-order valence-electron chi connectivity index (χ4n) is 1.98. The molecule has 16 heavy (non-hydrogen) atoms. The van der Waals surface area contributed by atoms with Gasteiger partial charge in [-0.15, -0.1) is 11.3 Å². The summed E-state index contributed by atoms with van der Waals surface area (Å²) >= 11 is 1.77. The summed E-state index contributed by atoms with van der Waals surface area (Å²) in [5, 5.41) is 15.6. The first-order chi connectivity index (χ1) is 7.41. The minimum atomic E-state index is -0.598. The molecule has 2 nitrogen and oxygen atoms in total. The van der Waals surface area contributed by atoms with E-state index in [1.807, 2.05) is 6.92 Å². The average Bonchev–Trinajstić information content (AvgIpc) is 2.49. The van der Waals surface area contributed by atoms with Crippen molar-refractivity contribution in [1.82, 2.24) is 5.32 Å².